The third kappa shape index (κ3) is 7.41. The van der Waals surface area contributed by atoms with Gasteiger partial charge in [-0.2, -0.15) is 0 Å². The Bertz CT molecular complexity index is 868. The fourth-order valence-corrected chi connectivity index (χ4v) is 3.10. The van der Waals surface area contributed by atoms with Gasteiger partial charge in [0.05, 0.1) is 18.9 Å². The predicted molar refractivity (Wildman–Crippen MR) is 106 cm³/mol. The molecule has 2 rings (SSSR count). The number of carboxylic acids is 1. The molecule has 2 aromatic rings. The highest BCUT2D eigenvalue weighted by atomic mass is 31.2. The highest BCUT2D eigenvalue weighted by Crippen LogP contribution is 2.32. The second kappa shape index (κ2) is 10.3. The molecule has 6 N–H and O–H groups in total. The molecule has 0 spiro atoms. The van der Waals surface area contributed by atoms with Gasteiger partial charge in [0.1, 0.15) is 6.04 Å². The number of carboxylic acid groups (broad SMARTS) is 1. The maximum absolute atomic E-state index is 12.4. The Morgan fingerprint density at radius 3 is 2.03 bits per heavy atom. The number of hydrogen-bond acceptors (Lipinski definition) is 5. The van der Waals surface area contributed by atoms with E-state index in [1.807, 2.05) is 42.5 Å². The van der Waals surface area contributed by atoms with Gasteiger partial charge < -0.3 is 25.3 Å². The van der Waals surface area contributed by atoms with Crippen molar-refractivity contribution in [3.8, 4) is 11.1 Å². The van der Waals surface area contributed by atoms with Crippen LogP contribution in [0.25, 0.3) is 11.1 Å². The van der Waals surface area contributed by atoms with Crippen molar-refractivity contribution in [1.29, 1.82) is 0 Å². The zero-order chi connectivity index (χ0) is 21.4. The van der Waals surface area contributed by atoms with Crippen molar-refractivity contribution >= 4 is 19.5 Å². The molecule has 0 aliphatic rings. The first-order valence-electron chi connectivity index (χ1n) is 8.76. The van der Waals surface area contributed by atoms with Gasteiger partial charge in [0.2, 0.25) is 5.91 Å². The number of amides is 1. The van der Waals surface area contributed by atoms with Crippen molar-refractivity contribution in [2.75, 3.05) is 12.9 Å². The Hall–Kier alpha value is -2.55. The quantitative estimate of drug-likeness (QED) is 0.303. The van der Waals surface area contributed by atoms with Crippen molar-refractivity contribution in [2.45, 2.75) is 18.5 Å². The number of aliphatic hydroxyl groups is 1. The summed E-state index contributed by atoms with van der Waals surface area (Å²) in [6.07, 6.45) is -0.678. The van der Waals surface area contributed by atoms with Crippen molar-refractivity contribution in [2.24, 2.45) is 0 Å². The number of carbonyl (C=O) groups is 2. The number of nitrogens with one attached hydrogen (secondary N) is 2. The van der Waals surface area contributed by atoms with E-state index in [0.717, 1.165) is 11.1 Å². The average molecular weight is 422 g/mol. The van der Waals surface area contributed by atoms with Gasteiger partial charge in [0.15, 0.2) is 0 Å². The van der Waals surface area contributed by atoms with E-state index in [0.29, 0.717) is 5.56 Å². The van der Waals surface area contributed by atoms with Crippen LogP contribution in [0.3, 0.4) is 0 Å². The van der Waals surface area contributed by atoms with Crippen molar-refractivity contribution in [3.63, 3.8) is 0 Å². The first-order chi connectivity index (χ1) is 13.7. The summed E-state index contributed by atoms with van der Waals surface area (Å²) < 4.78 is 11.2. The molecule has 9 nitrogen and oxygen atoms in total. The van der Waals surface area contributed by atoms with Crippen LogP contribution >= 0.6 is 7.60 Å². The molecule has 0 aliphatic heterocycles. The molecule has 0 aliphatic carbocycles. The second-order valence-corrected chi connectivity index (χ2v) is 8.07. The molecule has 29 heavy (non-hydrogen) atoms. The second-order valence-electron chi connectivity index (χ2n) is 6.43. The smallest absolute Gasteiger partial charge is 0.339 e. The number of rotatable bonds is 10. The molecule has 156 valence electrons. The molecule has 0 aromatic heterocycles. The Morgan fingerprint density at radius 2 is 1.52 bits per heavy atom. The van der Waals surface area contributed by atoms with Crippen molar-refractivity contribution in [1.82, 2.24) is 10.6 Å². The Morgan fingerprint density at radius 1 is 0.931 bits per heavy atom. The topological polar surface area (TPSA) is 156 Å². The van der Waals surface area contributed by atoms with Crippen molar-refractivity contribution < 1.29 is 34.2 Å². The van der Waals surface area contributed by atoms with Gasteiger partial charge in [0, 0.05) is 0 Å². The minimum atomic E-state index is -4.43. The van der Waals surface area contributed by atoms with E-state index in [1.165, 1.54) is 0 Å². The highest BCUT2D eigenvalue weighted by Gasteiger charge is 2.26. The first kappa shape index (κ1) is 22.7. The summed E-state index contributed by atoms with van der Waals surface area (Å²) in [7, 11) is -4.43. The number of aliphatic carboxylic acids is 1. The van der Waals surface area contributed by atoms with Crippen LogP contribution in [0.1, 0.15) is 5.56 Å². The third-order valence-corrected chi connectivity index (χ3v) is 4.75. The maximum atomic E-state index is 12.4. The molecule has 0 bridgehead atoms. The fraction of sp³-hybridized carbons (Fsp3) is 0.263. The molecular formula is C19H23N2O7P. The summed E-state index contributed by atoms with van der Waals surface area (Å²) >= 11 is 0. The average Bonchev–Trinajstić information content (AvgIpc) is 2.69. The summed E-state index contributed by atoms with van der Waals surface area (Å²) in [5.74, 6) is -2.20. The van der Waals surface area contributed by atoms with E-state index in [4.69, 9.17) is 20.0 Å². The molecule has 0 saturated carbocycles. The summed E-state index contributed by atoms with van der Waals surface area (Å²) in [6.45, 7) is -0.807. The standard InChI is InChI=1S/C19H23N2O7P/c22-11-17(19(24)25)21-18(23)16(20-12-29(26,27)28)10-13-6-8-15(9-7-13)14-4-2-1-3-5-14/h1-9,16-17,20,22H,10-12H2,(H,21,23)(H,24,25)(H2,26,27,28). The zero-order valence-corrected chi connectivity index (χ0v) is 16.3. The van der Waals surface area contributed by atoms with Gasteiger partial charge in [-0.15, -0.1) is 0 Å². The molecule has 0 radical (unpaired) electrons. The first-order valence-corrected chi connectivity index (χ1v) is 10.6. The molecule has 2 atom stereocenters. The number of hydrogen-bond donors (Lipinski definition) is 6. The maximum Gasteiger partial charge on any atom is 0.339 e. The van der Waals surface area contributed by atoms with Crippen LogP contribution < -0.4 is 10.6 Å². The molecule has 0 heterocycles. The van der Waals surface area contributed by atoms with Crippen LogP contribution in [0.15, 0.2) is 54.6 Å². The number of carbonyl (C=O) groups excluding carboxylic acids is 1. The van der Waals surface area contributed by atoms with Gasteiger partial charge in [0.25, 0.3) is 0 Å². The van der Waals surface area contributed by atoms with Crippen molar-refractivity contribution in [3.05, 3.63) is 60.2 Å². The van der Waals surface area contributed by atoms with E-state index < -0.39 is 44.4 Å². The molecule has 2 aromatic carbocycles. The third-order valence-electron chi connectivity index (χ3n) is 4.16. The summed E-state index contributed by atoms with van der Waals surface area (Å²) in [6, 6.07) is 14.3. The van der Waals surface area contributed by atoms with E-state index in [2.05, 4.69) is 10.6 Å². The minimum absolute atomic E-state index is 0.0681. The lowest BCUT2D eigenvalue weighted by Crippen LogP contribution is -2.52. The van der Waals surface area contributed by atoms with Crippen LogP contribution in [0.2, 0.25) is 0 Å². The molecular weight excluding hydrogens is 399 g/mol. The van der Waals surface area contributed by atoms with E-state index in [-0.39, 0.29) is 6.42 Å². The molecule has 2 unspecified atom stereocenters. The zero-order valence-electron chi connectivity index (χ0n) is 15.4. The minimum Gasteiger partial charge on any atom is -0.480 e. The van der Waals surface area contributed by atoms with Gasteiger partial charge in [-0.25, -0.2) is 4.79 Å². The SMILES string of the molecule is O=C(O)C(CO)NC(=O)C(Cc1ccc(-c2ccccc2)cc1)NCP(=O)(O)O. The lowest BCUT2D eigenvalue weighted by Gasteiger charge is -2.21. The van der Waals surface area contributed by atoms with Gasteiger partial charge in [-0.1, -0.05) is 54.6 Å². The van der Waals surface area contributed by atoms with E-state index >= 15 is 0 Å². The molecule has 1 amide bonds. The number of aliphatic hydroxyl groups excluding tert-OH is 1. The largest absolute Gasteiger partial charge is 0.480 e. The predicted octanol–water partition coefficient (Wildman–Crippen LogP) is 0.551. The van der Waals surface area contributed by atoms with Gasteiger partial charge in [-0.3, -0.25) is 14.7 Å². The van der Waals surface area contributed by atoms with Crippen LogP contribution in [-0.4, -0.2) is 56.9 Å². The molecule has 0 saturated heterocycles. The van der Waals surface area contributed by atoms with E-state index in [9.17, 15) is 14.2 Å². The summed E-state index contributed by atoms with van der Waals surface area (Å²) in [5.41, 5.74) is 2.68. The van der Waals surface area contributed by atoms with Crippen LogP contribution in [-0.2, 0) is 20.6 Å². The van der Waals surface area contributed by atoms with Crippen LogP contribution in [0.4, 0.5) is 0 Å². The normalized spacial score (nSPS) is 13.5. The van der Waals surface area contributed by atoms with Gasteiger partial charge in [-0.05, 0) is 23.1 Å². The Balaban J connectivity index is 2.14. The lowest BCUT2D eigenvalue weighted by atomic mass is 10.0. The van der Waals surface area contributed by atoms with Crippen LogP contribution in [0.5, 0.6) is 0 Å². The van der Waals surface area contributed by atoms with E-state index in [1.54, 1.807) is 12.1 Å². The number of benzene rings is 2. The van der Waals surface area contributed by atoms with Gasteiger partial charge >= 0.3 is 13.6 Å². The summed E-state index contributed by atoms with van der Waals surface area (Å²) in [4.78, 5) is 41.6. The monoisotopic (exact) mass is 422 g/mol. The highest BCUT2D eigenvalue weighted by molar-refractivity contribution is 7.51. The lowest BCUT2D eigenvalue weighted by molar-refractivity contribution is -0.143. The fourth-order valence-electron chi connectivity index (χ4n) is 2.64. The van der Waals surface area contributed by atoms with Crippen LogP contribution in [0, 0.1) is 0 Å². The Kier molecular flexibility index (Phi) is 8.07. The summed E-state index contributed by atoms with van der Waals surface area (Å²) in [5, 5.41) is 22.7. The molecule has 0 fully saturated rings. The Labute approximate surface area is 167 Å². The molecule has 10 heteroatoms.